The zero-order chi connectivity index (χ0) is 16.0. The number of nitrogens with zero attached hydrogens (tertiary/aromatic N) is 6. The van der Waals surface area contributed by atoms with Crippen molar-refractivity contribution < 1.29 is 9.90 Å². The lowest BCUT2D eigenvalue weighted by molar-refractivity contribution is 0.0693. The zero-order valence-electron chi connectivity index (χ0n) is 12.6. The minimum atomic E-state index is -1.02. The number of hydrogen-bond acceptors (Lipinski definition) is 6. The van der Waals surface area contributed by atoms with Crippen LogP contribution in [0.4, 0.5) is 5.13 Å². The van der Waals surface area contributed by atoms with Gasteiger partial charge in [0.15, 0.2) is 10.5 Å². The highest BCUT2D eigenvalue weighted by Crippen LogP contribution is 2.30. The molecular formula is C14H16N6O2S. The van der Waals surface area contributed by atoms with Crippen LogP contribution < -0.4 is 4.90 Å². The second-order valence-electron chi connectivity index (χ2n) is 5.77. The van der Waals surface area contributed by atoms with E-state index in [1.54, 1.807) is 4.52 Å². The van der Waals surface area contributed by atoms with Gasteiger partial charge in [-0.25, -0.2) is 14.3 Å². The van der Waals surface area contributed by atoms with Crippen molar-refractivity contribution in [3.8, 4) is 0 Å². The Bertz CT molecular complexity index is 866. The summed E-state index contributed by atoms with van der Waals surface area (Å²) in [5.41, 5.74) is 1.22. The number of hydrogen-bond donors (Lipinski definition) is 1. The van der Waals surface area contributed by atoms with Gasteiger partial charge in [0.2, 0.25) is 5.13 Å². The second-order valence-corrected chi connectivity index (χ2v) is 6.73. The van der Waals surface area contributed by atoms with Crippen LogP contribution in [0.3, 0.4) is 0 Å². The molecule has 1 atom stereocenters. The van der Waals surface area contributed by atoms with Crippen LogP contribution in [0, 0.1) is 6.92 Å². The maximum absolute atomic E-state index is 11.2. The molecule has 9 heteroatoms. The summed E-state index contributed by atoms with van der Waals surface area (Å²) < 4.78 is 3.57. The van der Waals surface area contributed by atoms with Crippen molar-refractivity contribution in [2.24, 2.45) is 0 Å². The number of rotatable bonds is 3. The third-order valence-electron chi connectivity index (χ3n) is 4.06. The van der Waals surface area contributed by atoms with E-state index in [1.807, 2.05) is 17.8 Å². The van der Waals surface area contributed by atoms with Crippen molar-refractivity contribution in [1.82, 2.24) is 24.4 Å². The summed E-state index contributed by atoms with van der Waals surface area (Å²) in [6, 6.07) is 0.317. The van der Waals surface area contributed by atoms with Crippen molar-refractivity contribution in [3.63, 3.8) is 0 Å². The standard InChI is InChI=1S/C14H16N6O2S/c1-9-5-16-19(6-9)10-3-2-4-18(7-10)14-17-20-8-15-11(13(21)22)12(20)23-14/h5-6,8,10H,2-4,7H2,1H3,(H,21,22). The number of aryl methyl sites for hydroxylation is 1. The topological polar surface area (TPSA) is 88.5 Å². The lowest BCUT2D eigenvalue weighted by atomic mass is 10.1. The number of imidazole rings is 1. The smallest absolute Gasteiger partial charge is 0.357 e. The van der Waals surface area contributed by atoms with Gasteiger partial charge in [0.25, 0.3) is 0 Å². The molecule has 1 N–H and O–H groups in total. The molecule has 4 heterocycles. The van der Waals surface area contributed by atoms with Gasteiger partial charge in [-0.2, -0.15) is 5.10 Å². The summed E-state index contributed by atoms with van der Waals surface area (Å²) in [5, 5.41) is 18.9. The summed E-state index contributed by atoms with van der Waals surface area (Å²) >= 11 is 1.37. The first-order valence-electron chi connectivity index (χ1n) is 7.45. The molecule has 1 aliphatic rings. The van der Waals surface area contributed by atoms with Gasteiger partial charge < -0.3 is 10.0 Å². The average Bonchev–Trinajstić information content (AvgIpc) is 3.21. The average molecular weight is 332 g/mol. The van der Waals surface area contributed by atoms with E-state index in [0.29, 0.717) is 10.9 Å². The van der Waals surface area contributed by atoms with Crippen molar-refractivity contribution in [2.45, 2.75) is 25.8 Å². The normalized spacial score (nSPS) is 18.7. The number of carbonyl (C=O) groups is 1. The van der Waals surface area contributed by atoms with Gasteiger partial charge in [-0.1, -0.05) is 11.3 Å². The minimum absolute atomic E-state index is 0.0602. The van der Waals surface area contributed by atoms with Gasteiger partial charge in [-0.05, 0) is 25.3 Å². The van der Waals surface area contributed by atoms with E-state index in [1.165, 1.54) is 17.7 Å². The molecule has 0 saturated carbocycles. The van der Waals surface area contributed by atoms with E-state index in [9.17, 15) is 4.79 Å². The number of carboxylic acid groups (broad SMARTS) is 1. The van der Waals surface area contributed by atoms with Gasteiger partial charge in [-0.3, -0.25) is 4.68 Å². The first kappa shape index (κ1) is 14.2. The molecule has 23 heavy (non-hydrogen) atoms. The van der Waals surface area contributed by atoms with Crippen LogP contribution >= 0.6 is 11.3 Å². The van der Waals surface area contributed by atoms with Crippen LogP contribution in [0.25, 0.3) is 4.83 Å². The van der Waals surface area contributed by atoms with E-state index in [0.717, 1.165) is 36.6 Å². The summed E-state index contributed by atoms with van der Waals surface area (Å²) in [7, 11) is 0. The summed E-state index contributed by atoms with van der Waals surface area (Å²) in [5.74, 6) is -1.02. The highest BCUT2D eigenvalue weighted by molar-refractivity contribution is 7.21. The monoisotopic (exact) mass is 332 g/mol. The van der Waals surface area contributed by atoms with Crippen LogP contribution in [0.15, 0.2) is 18.7 Å². The Morgan fingerprint density at radius 2 is 2.35 bits per heavy atom. The van der Waals surface area contributed by atoms with Gasteiger partial charge in [-0.15, -0.1) is 5.10 Å². The molecule has 8 nitrogen and oxygen atoms in total. The van der Waals surface area contributed by atoms with Crippen LogP contribution in [0.2, 0.25) is 0 Å². The molecule has 1 aliphatic heterocycles. The second kappa shape index (κ2) is 5.34. The molecule has 1 fully saturated rings. The van der Waals surface area contributed by atoms with E-state index < -0.39 is 5.97 Å². The fraction of sp³-hybridized carbons (Fsp3) is 0.429. The molecule has 1 saturated heterocycles. The Morgan fingerprint density at radius 3 is 3.09 bits per heavy atom. The first-order chi connectivity index (χ1) is 11.1. The number of anilines is 1. The van der Waals surface area contributed by atoms with Crippen molar-refractivity contribution >= 4 is 27.3 Å². The van der Waals surface area contributed by atoms with Gasteiger partial charge >= 0.3 is 5.97 Å². The number of aromatic nitrogens is 5. The zero-order valence-corrected chi connectivity index (χ0v) is 13.4. The largest absolute Gasteiger partial charge is 0.476 e. The van der Waals surface area contributed by atoms with Crippen LogP contribution in [-0.4, -0.2) is 48.5 Å². The van der Waals surface area contributed by atoms with Gasteiger partial charge in [0.05, 0.1) is 12.2 Å². The van der Waals surface area contributed by atoms with Crippen LogP contribution in [-0.2, 0) is 0 Å². The molecule has 0 aliphatic carbocycles. The number of carboxylic acids is 1. The Hall–Kier alpha value is -2.42. The van der Waals surface area contributed by atoms with Crippen LogP contribution in [0.1, 0.15) is 34.9 Å². The fourth-order valence-electron chi connectivity index (χ4n) is 2.95. The minimum Gasteiger partial charge on any atom is -0.476 e. The third kappa shape index (κ3) is 2.46. The molecule has 0 radical (unpaired) electrons. The van der Waals surface area contributed by atoms with Crippen molar-refractivity contribution in [3.05, 3.63) is 30.0 Å². The van der Waals surface area contributed by atoms with Crippen molar-refractivity contribution in [2.75, 3.05) is 18.0 Å². The molecule has 0 amide bonds. The third-order valence-corrected chi connectivity index (χ3v) is 5.16. The lowest BCUT2D eigenvalue weighted by Gasteiger charge is -2.32. The van der Waals surface area contributed by atoms with Crippen molar-refractivity contribution in [1.29, 1.82) is 0 Å². The predicted molar refractivity (Wildman–Crippen MR) is 85.3 cm³/mol. The molecule has 0 spiro atoms. The summed E-state index contributed by atoms with van der Waals surface area (Å²) in [6.45, 7) is 3.78. The van der Waals surface area contributed by atoms with E-state index >= 15 is 0 Å². The molecule has 0 bridgehead atoms. The number of piperidine rings is 1. The number of fused-ring (bicyclic) bond motifs is 1. The van der Waals surface area contributed by atoms with E-state index in [-0.39, 0.29) is 5.69 Å². The van der Waals surface area contributed by atoms with Gasteiger partial charge in [0, 0.05) is 19.3 Å². The maximum atomic E-state index is 11.2. The molecule has 4 rings (SSSR count). The van der Waals surface area contributed by atoms with Gasteiger partial charge in [0.1, 0.15) is 6.33 Å². The molecular weight excluding hydrogens is 316 g/mol. The van der Waals surface area contributed by atoms with Crippen LogP contribution in [0.5, 0.6) is 0 Å². The summed E-state index contributed by atoms with van der Waals surface area (Å²) in [6.07, 6.45) is 7.54. The van der Waals surface area contributed by atoms with E-state index in [4.69, 9.17) is 5.11 Å². The Morgan fingerprint density at radius 1 is 1.48 bits per heavy atom. The quantitative estimate of drug-likeness (QED) is 0.787. The Kier molecular flexibility index (Phi) is 3.29. The molecule has 0 aromatic carbocycles. The Balaban J connectivity index is 1.61. The molecule has 1 unspecified atom stereocenters. The SMILES string of the molecule is Cc1cnn(C2CCCN(c3nn4cnc(C(=O)O)c4s3)C2)c1. The molecule has 3 aromatic rings. The first-order valence-corrected chi connectivity index (χ1v) is 8.26. The molecule has 120 valence electrons. The lowest BCUT2D eigenvalue weighted by Crippen LogP contribution is -2.36. The maximum Gasteiger partial charge on any atom is 0.357 e. The highest BCUT2D eigenvalue weighted by atomic mass is 32.1. The molecule has 3 aromatic heterocycles. The predicted octanol–water partition coefficient (Wildman–Crippen LogP) is 1.84. The fourth-order valence-corrected chi connectivity index (χ4v) is 3.96. The van der Waals surface area contributed by atoms with E-state index in [2.05, 4.69) is 26.3 Å². The number of aromatic carboxylic acids is 1. The summed E-state index contributed by atoms with van der Waals surface area (Å²) in [4.78, 5) is 17.8. The highest BCUT2D eigenvalue weighted by Gasteiger charge is 2.25. The Labute approximate surface area is 136 Å².